The molecule has 0 aliphatic rings. The van der Waals surface area contributed by atoms with Gasteiger partial charge < -0.3 is 0 Å². The zero-order valence-electron chi connectivity index (χ0n) is 7.88. The molecule has 0 heterocycles. The number of halogens is 1. The number of hydrogen-bond acceptors (Lipinski definition) is 3. The van der Waals surface area contributed by atoms with Gasteiger partial charge in [0, 0.05) is 0 Å². The van der Waals surface area contributed by atoms with Crippen molar-refractivity contribution in [3.63, 3.8) is 0 Å². The first-order valence-corrected chi connectivity index (χ1v) is 7.59. The maximum absolute atomic E-state index is 5.28. The van der Waals surface area contributed by atoms with Gasteiger partial charge in [-0.1, -0.05) is 0 Å². The third-order valence-electron chi connectivity index (χ3n) is 1.61. The first-order valence-electron chi connectivity index (χ1n) is 4.18. The van der Waals surface area contributed by atoms with Crippen molar-refractivity contribution in [3.05, 3.63) is 0 Å². The summed E-state index contributed by atoms with van der Waals surface area (Å²) >= 11 is 0.415. The van der Waals surface area contributed by atoms with Gasteiger partial charge in [0.05, 0.1) is 0 Å². The van der Waals surface area contributed by atoms with E-state index in [0.29, 0.717) is 34.4 Å². The number of nitrogens with two attached hydrogens (primary N) is 1. The first-order chi connectivity index (χ1) is 5.81. The summed E-state index contributed by atoms with van der Waals surface area (Å²) in [5, 5.41) is 0. The van der Waals surface area contributed by atoms with Crippen molar-refractivity contribution in [2.24, 2.45) is 5.90 Å². The van der Waals surface area contributed by atoms with Crippen molar-refractivity contribution >= 4 is 0 Å². The fourth-order valence-electron chi connectivity index (χ4n) is 0.785. The van der Waals surface area contributed by atoms with Crippen LogP contribution in [-0.2, 0) is 9.57 Å². The number of alkyl halides is 2. The Bertz CT molecular complexity index is 93.1. The molecule has 0 bridgehead atoms. The van der Waals surface area contributed by atoms with E-state index in [9.17, 15) is 0 Å². The number of rotatable bonds is 8. The molecular formula is C8H19INO2-. The molecule has 0 aliphatic carbocycles. The van der Waals surface area contributed by atoms with E-state index in [1.807, 2.05) is 0 Å². The molecule has 0 amide bonds. The molecule has 76 valence electrons. The van der Waals surface area contributed by atoms with Gasteiger partial charge in [0.15, 0.2) is 0 Å². The Morgan fingerprint density at radius 1 is 1.33 bits per heavy atom. The van der Waals surface area contributed by atoms with Crippen LogP contribution in [-0.4, -0.2) is 28.7 Å². The fourth-order valence-corrected chi connectivity index (χ4v) is 1.85. The van der Waals surface area contributed by atoms with Crippen LogP contribution in [0.3, 0.4) is 0 Å². The molecule has 1 atom stereocenters. The second kappa shape index (κ2) is 9.70. The Morgan fingerprint density at radius 2 is 2.08 bits per heavy atom. The predicted octanol–water partition coefficient (Wildman–Crippen LogP) is -2.22. The van der Waals surface area contributed by atoms with Crippen LogP contribution < -0.4 is 27.1 Å². The SMILES string of the molecule is C[I-]C(C)CCCOCCON. The van der Waals surface area contributed by atoms with E-state index in [1.165, 1.54) is 12.8 Å². The van der Waals surface area contributed by atoms with Gasteiger partial charge in [-0.25, -0.2) is 0 Å². The van der Waals surface area contributed by atoms with E-state index < -0.39 is 0 Å². The molecule has 0 saturated carbocycles. The molecule has 0 aromatic carbocycles. The van der Waals surface area contributed by atoms with E-state index in [0.717, 1.165) is 10.5 Å². The molecular weight excluding hydrogens is 269 g/mol. The Hall–Kier alpha value is 0.610. The molecule has 3 nitrogen and oxygen atoms in total. The van der Waals surface area contributed by atoms with Gasteiger partial charge in [-0.2, -0.15) is 0 Å². The Labute approximate surface area is 85.2 Å². The molecule has 1 unspecified atom stereocenters. The van der Waals surface area contributed by atoms with Crippen LogP contribution in [0.2, 0.25) is 0 Å². The summed E-state index contributed by atoms with van der Waals surface area (Å²) in [5.41, 5.74) is 0. The van der Waals surface area contributed by atoms with E-state index in [1.54, 1.807) is 0 Å². The zero-order valence-corrected chi connectivity index (χ0v) is 10.0. The first kappa shape index (κ1) is 12.6. The van der Waals surface area contributed by atoms with E-state index in [-0.39, 0.29) is 0 Å². The molecule has 0 aliphatic heterocycles. The van der Waals surface area contributed by atoms with Crippen molar-refractivity contribution in [3.8, 4) is 0 Å². The van der Waals surface area contributed by atoms with Crippen LogP contribution in [0.25, 0.3) is 0 Å². The van der Waals surface area contributed by atoms with E-state index >= 15 is 0 Å². The molecule has 0 fully saturated rings. The van der Waals surface area contributed by atoms with Gasteiger partial charge in [0.25, 0.3) is 0 Å². The Kier molecular flexibility index (Phi) is 10.2. The van der Waals surface area contributed by atoms with Crippen molar-refractivity contribution in [1.82, 2.24) is 0 Å². The summed E-state index contributed by atoms with van der Waals surface area (Å²) in [5.74, 6) is 4.84. The second-order valence-corrected chi connectivity index (χ2v) is 6.00. The van der Waals surface area contributed by atoms with Crippen molar-refractivity contribution in [2.75, 3.05) is 24.8 Å². The van der Waals surface area contributed by atoms with E-state index in [2.05, 4.69) is 16.7 Å². The van der Waals surface area contributed by atoms with Gasteiger partial charge in [-0.15, -0.1) is 0 Å². The molecule has 4 heteroatoms. The van der Waals surface area contributed by atoms with Gasteiger partial charge in [0.2, 0.25) is 0 Å². The average Bonchev–Trinajstić information content (AvgIpc) is 2.10. The minimum absolute atomic E-state index is 0.415. The van der Waals surface area contributed by atoms with Crippen LogP contribution in [0.15, 0.2) is 0 Å². The van der Waals surface area contributed by atoms with Gasteiger partial charge in [-0.05, 0) is 0 Å². The topological polar surface area (TPSA) is 44.5 Å². The minimum atomic E-state index is 0.415. The van der Waals surface area contributed by atoms with E-state index in [4.69, 9.17) is 10.6 Å². The summed E-state index contributed by atoms with van der Waals surface area (Å²) in [7, 11) is 0. The standard InChI is InChI=1S/C8H19INO2/c1-8(9-2)4-3-5-11-6-7-12-10/h8H,3-7,10H2,1-2H3/q-1. The summed E-state index contributed by atoms with van der Waals surface area (Å²) in [6, 6.07) is 0. The van der Waals surface area contributed by atoms with Crippen molar-refractivity contribution in [1.29, 1.82) is 0 Å². The Morgan fingerprint density at radius 3 is 2.67 bits per heavy atom. The third kappa shape index (κ3) is 8.70. The van der Waals surface area contributed by atoms with Crippen molar-refractivity contribution < 1.29 is 30.8 Å². The maximum atomic E-state index is 5.28. The van der Waals surface area contributed by atoms with Crippen LogP contribution in [0.4, 0.5) is 0 Å². The van der Waals surface area contributed by atoms with Gasteiger partial charge in [-0.3, -0.25) is 0 Å². The molecule has 0 aromatic rings. The Balaban J connectivity index is 2.90. The van der Waals surface area contributed by atoms with Crippen molar-refractivity contribution in [2.45, 2.75) is 23.7 Å². The molecule has 0 saturated heterocycles. The predicted molar refractivity (Wildman–Crippen MR) is 45.6 cm³/mol. The molecule has 0 aromatic heterocycles. The van der Waals surface area contributed by atoms with Gasteiger partial charge in [0.1, 0.15) is 0 Å². The third-order valence-corrected chi connectivity index (χ3v) is 4.36. The zero-order chi connectivity index (χ0) is 9.23. The summed E-state index contributed by atoms with van der Waals surface area (Å²) in [6.45, 7) is 4.27. The van der Waals surface area contributed by atoms with Crippen LogP contribution >= 0.6 is 0 Å². The van der Waals surface area contributed by atoms with Crippen LogP contribution in [0.1, 0.15) is 19.8 Å². The molecule has 0 spiro atoms. The molecule has 12 heavy (non-hydrogen) atoms. The summed E-state index contributed by atoms with van der Waals surface area (Å²) < 4.78 is 6.21. The summed E-state index contributed by atoms with van der Waals surface area (Å²) in [4.78, 5) is 6.70. The van der Waals surface area contributed by atoms with Crippen LogP contribution in [0.5, 0.6) is 0 Å². The fraction of sp³-hybridized carbons (Fsp3) is 1.00. The second-order valence-electron chi connectivity index (χ2n) is 2.62. The molecule has 2 N–H and O–H groups in total. The number of ether oxygens (including phenoxy) is 1. The molecule has 0 rings (SSSR count). The normalized spacial score (nSPS) is 13.6. The monoisotopic (exact) mass is 288 g/mol. The summed E-state index contributed by atoms with van der Waals surface area (Å²) in [6.07, 6.45) is 2.46. The number of hydrogen-bond donors (Lipinski definition) is 1. The average molecular weight is 288 g/mol. The van der Waals surface area contributed by atoms with Gasteiger partial charge >= 0.3 is 85.1 Å². The van der Waals surface area contributed by atoms with Crippen LogP contribution in [0, 0.1) is 0 Å². The quantitative estimate of drug-likeness (QED) is 0.238. The molecule has 0 radical (unpaired) electrons.